The van der Waals surface area contributed by atoms with E-state index in [4.69, 9.17) is 0 Å². The van der Waals surface area contributed by atoms with E-state index in [1.165, 1.54) is 32.1 Å². The molecule has 0 aliphatic heterocycles. The number of fused-ring (bicyclic) bond motifs is 1. The summed E-state index contributed by atoms with van der Waals surface area (Å²) in [7, 11) is 0. The van der Waals surface area contributed by atoms with Crippen LogP contribution >= 0.6 is 0 Å². The van der Waals surface area contributed by atoms with E-state index in [9.17, 15) is 0 Å². The number of hydrogen-bond donors (Lipinski definition) is 0. The van der Waals surface area contributed by atoms with Gasteiger partial charge in [0, 0.05) is 0 Å². The van der Waals surface area contributed by atoms with Gasteiger partial charge in [-0.1, -0.05) is 44.8 Å². The van der Waals surface area contributed by atoms with Crippen molar-refractivity contribution in [3.05, 3.63) is 12.2 Å². The molecule has 0 amide bonds. The predicted octanol–water partition coefficient (Wildman–Crippen LogP) is 3.39. The summed E-state index contributed by atoms with van der Waals surface area (Å²) in [6, 6.07) is 0. The van der Waals surface area contributed by atoms with Crippen LogP contribution in [0.15, 0.2) is 12.2 Å². The average Bonchev–Trinajstić information content (AvgIpc) is 1.92. The number of rotatable bonds is 0. The van der Waals surface area contributed by atoms with Crippen molar-refractivity contribution in [2.24, 2.45) is 17.8 Å². The number of hydrogen-bond acceptors (Lipinski definition) is 0. The smallest absolute Gasteiger partial charge is 0.0145 e. The van der Waals surface area contributed by atoms with Gasteiger partial charge in [0.2, 0.25) is 0 Å². The molecular formula is C11H18. The van der Waals surface area contributed by atoms with Gasteiger partial charge in [-0.15, -0.1) is 0 Å². The highest BCUT2D eigenvalue weighted by Gasteiger charge is 2.29. The van der Waals surface area contributed by atoms with Gasteiger partial charge in [-0.3, -0.25) is 0 Å². The number of allylic oxidation sites excluding steroid dienone is 2. The van der Waals surface area contributed by atoms with E-state index in [0.29, 0.717) is 0 Å². The van der Waals surface area contributed by atoms with Crippen molar-refractivity contribution in [3.63, 3.8) is 0 Å². The summed E-state index contributed by atoms with van der Waals surface area (Å²) in [5, 5.41) is 0. The maximum atomic E-state index is 2.43. The van der Waals surface area contributed by atoms with Crippen LogP contribution in [0.5, 0.6) is 0 Å². The fraction of sp³-hybridized carbons (Fsp3) is 0.818. The van der Waals surface area contributed by atoms with E-state index in [0.717, 1.165) is 17.8 Å². The Hall–Kier alpha value is -0.260. The van der Waals surface area contributed by atoms with Crippen LogP contribution in [0.3, 0.4) is 0 Å². The molecule has 2 aliphatic rings. The highest BCUT2D eigenvalue weighted by Crippen LogP contribution is 2.39. The molecule has 2 rings (SSSR count). The van der Waals surface area contributed by atoms with Gasteiger partial charge in [-0.05, 0) is 24.2 Å². The van der Waals surface area contributed by atoms with Gasteiger partial charge in [0.05, 0.1) is 0 Å². The van der Waals surface area contributed by atoms with Crippen molar-refractivity contribution in [1.29, 1.82) is 0 Å². The molecule has 0 aromatic heterocycles. The molecule has 0 bridgehead atoms. The van der Waals surface area contributed by atoms with E-state index in [-0.39, 0.29) is 0 Å². The zero-order chi connectivity index (χ0) is 7.68. The quantitative estimate of drug-likeness (QED) is 0.464. The first-order chi connectivity index (χ1) is 5.38. The standard InChI is InChI=1S/C11H18/c1-9-5-3-2-4-6-10-7-8-11(9)10/h7-11H,2-6H2,1H3. The summed E-state index contributed by atoms with van der Waals surface area (Å²) in [5.41, 5.74) is 0. The minimum atomic E-state index is 0.954. The lowest BCUT2D eigenvalue weighted by molar-refractivity contribution is 0.248. The van der Waals surface area contributed by atoms with Crippen LogP contribution in [0.25, 0.3) is 0 Å². The Balaban J connectivity index is 1.98. The third kappa shape index (κ3) is 1.36. The van der Waals surface area contributed by atoms with Gasteiger partial charge in [0.25, 0.3) is 0 Å². The van der Waals surface area contributed by atoms with Crippen LogP contribution in [-0.2, 0) is 0 Å². The summed E-state index contributed by atoms with van der Waals surface area (Å²) in [6.45, 7) is 2.42. The Labute approximate surface area is 69.7 Å². The zero-order valence-corrected chi connectivity index (χ0v) is 7.42. The maximum Gasteiger partial charge on any atom is -0.0145 e. The van der Waals surface area contributed by atoms with Crippen molar-refractivity contribution >= 4 is 0 Å². The van der Waals surface area contributed by atoms with Gasteiger partial charge in [-0.25, -0.2) is 0 Å². The summed E-state index contributed by atoms with van der Waals surface area (Å²) in [5.74, 6) is 2.88. The molecule has 3 atom stereocenters. The second-order valence-corrected chi connectivity index (χ2v) is 4.24. The molecule has 0 radical (unpaired) electrons. The van der Waals surface area contributed by atoms with E-state index in [2.05, 4.69) is 19.1 Å². The van der Waals surface area contributed by atoms with E-state index in [1.54, 1.807) is 0 Å². The largest absolute Gasteiger partial charge is 0.0845 e. The molecule has 11 heavy (non-hydrogen) atoms. The predicted molar refractivity (Wildman–Crippen MR) is 48.4 cm³/mol. The summed E-state index contributed by atoms with van der Waals surface area (Å²) in [6.07, 6.45) is 12.2. The molecule has 62 valence electrons. The summed E-state index contributed by atoms with van der Waals surface area (Å²) >= 11 is 0. The minimum absolute atomic E-state index is 0.954. The van der Waals surface area contributed by atoms with Gasteiger partial charge in [0.1, 0.15) is 0 Å². The molecule has 0 nitrogen and oxygen atoms in total. The van der Waals surface area contributed by atoms with Crippen LogP contribution in [0.1, 0.15) is 39.0 Å². The Bertz CT molecular complexity index is 157. The van der Waals surface area contributed by atoms with Gasteiger partial charge in [-0.2, -0.15) is 0 Å². The zero-order valence-electron chi connectivity index (χ0n) is 7.42. The third-order valence-corrected chi connectivity index (χ3v) is 3.43. The molecule has 0 heteroatoms. The molecule has 0 saturated heterocycles. The van der Waals surface area contributed by atoms with E-state index >= 15 is 0 Å². The highest BCUT2D eigenvalue weighted by atomic mass is 14.3. The maximum absolute atomic E-state index is 2.43. The first-order valence-electron chi connectivity index (χ1n) is 5.06. The normalized spacial score (nSPS) is 43.5. The molecule has 2 aliphatic carbocycles. The fourth-order valence-electron chi connectivity index (χ4n) is 2.51. The van der Waals surface area contributed by atoms with Gasteiger partial charge >= 0.3 is 0 Å². The Morgan fingerprint density at radius 1 is 1.00 bits per heavy atom. The van der Waals surface area contributed by atoms with Crippen molar-refractivity contribution in [2.75, 3.05) is 0 Å². The summed E-state index contributed by atoms with van der Waals surface area (Å²) in [4.78, 5) is 0. The van der Waals surface area contributed by atoms with Gasteiger partial charge in [0.15, 0.2) is 0 Å². The second-order valence-electron chi connectivity index (χ2n) is 4.24. The van der Waals surface area contributed by atoms with Crippen LogP contribution in [-0.4, -0.2) is 0 Å². The fourth-order valence-corrected chi connectivity index (χ4v) is 2.51. The molecule has 0 aromatic carbocycles. The first kappa shape index (κ1) is 7.39. The molecule has 0 heterocycles. The second kappa shape index (κ2) is 3.00. The van der Waals surface area contributed by atoms with Crippen LogP contribution in [0.2, 0.25) is 0 Å². The molecule has 0 N–H and O–H groups in total. The lowest BCUT2D eigenvalue weighted by Gasteiger charge is -2.36. The SMILES string of the molecule is CC1CCCCCC2C=CC12. The average molecular weight is 150 g/mol. The minimum Gasteiger partial charge on any atom is -0.0845 e. The first-order valence-corrected chi connectivity index (χ1v) is 5.06. The van der Waals surface area contributed by atoms with Gasteiger partial charge < -0.3 is 0 Å². The molecular weight excluding hydrogens is 132 g/mol. The van der Waals surface area contributed by atoms with Crippen LogP contribution in [0, 0.1) is 17.8 Å². The Morgan fingerprint density at radius 2 is 1.82 bits per heavy atom. The van der Waals surface area contributed by atoms with Crippen LogP contribution in [0.4, 0.5) is 0 Å². The lowest BCUT2D eigenvalue weighted by atomic mass is 9.69. The Morgan fingerprint density at radius 3 is 2.55 bits per heavy atom. The van der Waals surface area contributed by atoms with Crippen LogP contribution < -0.4 is 0 Å². The molecule has 1 fully saturated rings. The van der Waals surface area contributed by atoms with Crippen molar-refractivity contribution in [2.45, 2.75) is 39.0 Å². The van der Waals surface area contributed by atoms with Crippen molar-refractivity contribution in [3.8, 4) is 0 Å². The highest BCUT2D eigenvalue weighted by molar-refractivity contribution is 5.10. The van der Waals surface area contributed by atoms with E-state index < -0.39 is 0 Å². The molecule has 3 unspecified atom stereocenters. The van der Waals surface area contributed by atoms with Crippen molar-refractivity contribution in [1.82, 2.24) is 0 Å². The summed E-state index contributed by atoms with van der Waals surface area (Å²) < 4.78 is 0. The molecule has 0 aromatic rings. The Kier molecular flexibility index (Phi) is 2.02. The van der Waals surface area contributed by atoms with Crippen molar-refractivity contribution < 1.29 is 0 Å². The molecule has 0 spiro atoms. The lowest BCUT2D eigenvalue weighted by Crippen LogP contribution is -2.26. The van der Waals surface area contributed by atoms with E-state index in [1.807, 2.05) is 0 Å². The monoisotopic (exact) mass is 150 g/mol. The topological polar surface area (TPSA) is 0 Å². The molecule has 1 saturated carbocycles. The third-order valence-electron chi connectivity index (χ3n) is 3.43.